The summed E-state index contributed by atoms with van der Waals surface area (Å²) < 4.78 is 1.86. The quantitative estimate of drug-likeness (QED) is 0.594. The summed E-state index contributed by atoms with van der Waals surface area (Å²) >= 11 is 0. The number of rotatable bonds is 0. The van der Waals surface area contributed by atoms with Crippen molar-refractivity contribution < 1.29 is 0 Å². The van der Waals surface area contributed by atoms with E-state index in [1.165, 1.54) is 6.33 Å². The van der Waals surface area contributed by atoms with Crippen molar-refractivity contribution in [2.24, 2.45) is 4.99 Å². The SMILES string of the molecule is C1=Cn2cnc3ncnc(c32)N=C1. The Morgan fingerprint density at radius 1 is 1.15 bits per heavy atom. The third-order valence-electron chi connectivity index (χ3n) is 1.88. The van der Waals surface area contributed by atoms with Gasteiger partial charge < -0.3 is 4.57 Å². The molecule has 0 fully saturated rings. The van der Waals surface area contributed by atoms with Gasteiger partial charge in [0.05, 0.1) is 0 Å². The lowest BCUT2D eigenvalue weighted by atomic mass is 10.5. The Bertz CT molecular complexity index is 522. The summed E-state index contributed by atoms with van der Waals surface area (Å²) in [5.41, 5.74) is 1.53. The van der Waals surface area contributed by atoms with Crippen LogP contribution in [-0.4, -0.2) is 25.7 Å². The Morgan fingerprint density at radius 2 is 2.15 bits per heavy atom. The van der Waals surface area contributed by atoms with Crippen molar-refractivity contribution >= 4 is 29.4 Å². The van der Waals surface area contributed by atoms with E-state index in [0.717, 1.165) is 5.52 Å². The molecular formula is C8H5N5. The first-order valence-electron chi connectivity index (χ1n) is 3.83. The fraction of sp³-hybridized carbons (Fsp3) is 0. The molecule has 0 aliphatic carbocycles. The van der Waals surface area contributed by atoms with Crippen LogP contribution in [0.2, 0.25) is 0 Å². The predicted octanol–water partition coefficient (Wildman–Crippen LogP) is 1.01. The van der Waals surface area contributed by atoms with Crippen molar-refractivity contribution in [1.82, 2.24) is 19.5 Å². The van der Waals surface area contributed by atoms with E-state index >= 15 is 0 Å². The van der Waals surface area contributed by atoms with Crippen LogP contribution in [-0.2, 0) is 0 Å². The van der Waals surface area contributed by atoms with Crippen LogP contribution in [0.4, 0.5) is 5.82 Å². The maximum absolute atomic E-state index is 4.15. The van der Waals surface area contributed by atoms with Gasteiger partial charge in [-0.2, -0.15) is 0 Å². The Balaban J connectivity index is 2.56. The van der Waals surface area contributed by atoms with Crippen LogP contribution in [0.15, 0.2) is 23.7 Å². The molecule has 2 aromatic rings. The molecule has 0 aromatic carbocycles. The average molecular weight is 171 g/mol. The third kappa shape index (κ3) is 0.807. The van der Waals surface area contributed by atoms with Gasteiger partial charge in [-0.1, -0.05) is 0 Å². The maximum atomic E-state index is 4.15. The van der Waals surface area contributed by atoms with Crippen LogP contribution in [0.3, 0.4) is 0 Å². The number of imidazole rings is 1. The van der Waals surface area contributed by atoms with Crippen molar-refractivity contribution in [1.29, 1.82) is 0 Å². The molecule has 0 bridgehead atoms. The van der Waals surface area contributed by atoms with Crippen molar-refractivity contribution in [2.75, 3.05) is 0 Å². The molecular weight excluding hydrogens is 166 g/mol. The van der Waals surface area contributed by atoms with Gasteiger partial charge in [-0.3, -0.25) is 0 Å². The highest BCUT2D eigenvalue weighted by Gasteiger charge is 2.08. The van der Waals surface area contributed by atoms with Gasteiger partial charge in [0.15, 0.2) is 11.5 Å². The zero-order chi connectivity index (χ0) is 8.67. The summed E-state index contributed by atoms with van der Waals surface area (Å²) in [6.45, 7) is 0. The standard InChI is InChI=1S/C8H5N5/c1-2-9-7-6-8(11-4-10-7)12-5-13(6)3-1/h1-5H. The Kier molecular flexibility index (Phi) is 1.11. The van der Waals surface area contributed by atoms with Gasteiger partial charge in [-0.05, 0) is 6.08 Å². The molecule has 13 heavy (non-hydrogen) atoms. The first kappa shape index (κ1) is 6.47. The van der Waals surface area contributed by atoms with Gasteiger partial charge in [0, 0.05) is 12.4 Å². The van der Waals surface area contributed by atoms with E-state index in [-0.39, 0.29) is 0 Å². The van der Waals surface area contributed by atoms with Gasteiger partial charge >= 0.3 is 0 Å². The van der Waals surface area contributed by atoms with Crippen LogP contribution in [0.5, 0.6) is 0 Å². The number of aliphatic imine (C=N–C) groups is 1. The number of allylic oxidation sites excluding steroid dienone is 1. The second-order valence-corrected chi connectivity index (χ2v) is 2.64. The smallest absolute Gasteiger partial charge is 0.183 e. The van der Waals surface area contributed by atoms with Gasteiger partial charge in [0.1, 0.15) is 18.2 Å². The molecule has 1 aliphatic rings. The third-order valence-corrected chi connectivity index (χ3v) is 1.88. The van der Waals surface area contributed by atoms with Crippen molar-refractivity contribution in [3.63, 3.8) is 0 Å². The predicted molar refractivity (Wildman–Crippen MR) is 48.8 cm³/mol. The second kappa shape index (κ2) is 2.22. The monoisotopic (exact) mass is 171 g/mol. The summed E-state index contributed by atoms with van der Waals surface area (Å²) in [6, 6.07) is 0. The van der Waals surface area contributed by atoms with E-state index in [1.807, 2.05) is 16.8 Å². The van der Waals surface area contributed by atoms with E-state index in [2.05, 4.69) is 19.9 Å². The maximum Gasteiger partial charge on any atom is 0.183 e. The summed E-state index contributed by atoms with van der Waals surface area (Å²) in [5.74, 6) is 0.660. The minimum atomic E-state index is 0.660. The van der Waals surface area contributed by atoms with Gasteiger partial charge in [0.25, 0.3) is 0 Å². The molecule has 1 aliphatic heterocycles. The molecule has 3 heterocycles. The highest BCUT2D eigenvalue weighted by molar-refractivity contribution is 5.90. The van der Waals surface area contributed by atoms with Gasteiger partial charge in [-0.15, -0.1) is 0 Å². The first-order chi connectivity index (χ1) is 6.45. The molecule has 0 radical (unpaired) electrons. The fourth-order valence-corrected chi connectivity index (χ4v) is 1.31. The molecule has 62 valence electrons. The molecule has 0 spiro atoms. The van der Waals surface area contributed by atoms with Gasteiger partial charge in [-0.25, -0.2) is 19.9 Å². The number of aromatic nitrogens is 4. The van der Waals surface area contributed by atoms with Crippen LogP contribution in [0, 0.1) is 0 Å². The number of hydrogen-bond donors (Lipinski definition) is 0. The summed E-state index contributed by atoms with van der Waals surface area (Å²) in [7, 11) is 0. The second-order valence-electron chi connectivity index (χ2n) is 2.64. The topological polar surface area (TPSA) is 56.0 Å². The molecule has 0 saturated heterocycles. The Labute approximate surface area is 73.5 Å². The summed E-state index contributed by atoms with van der Waals surface area (Å²) in [6.07, 6.45) is 8.59. The average Bonchev–Trinajstić information content (AvgIpc) is 2.44. The lowest BCUT2D eigenvalue weighted by molar-refractivity contribution is 1.16. The molecule has 5 nitrogen and oxygen atoms in total. The zero-order valence-electron chi connectivity index (χ0n) is 6.62. The number of hydrogen-bond acceptors (Lipinski definition) is 4. The van der Waals surface area contributed by atoms with Crippen molar-refractivity contribution in [3.05, 3.63) is 18.7 Å². The lowest BCUT2D eigenvalue weighted by Crippen LogP contribution is -1.85. The van der Waals surface area contributed by atoms with E-state index in [1.54, 1.807) is 12.5 Å². The normalized spacial score (nSPS) is 13.5. The molecule has 5 heteroatoms. The Hall–Kier alpha value is -2.04. The van der Waals surface area contributed by atoms with E-state index in [4.69, 9.17) is 0 Å². The molecule has 0 saturated carbocycles. The molecule has 0 atom stereocenters. The zero-order valence-corrected chi connectivity index (χ0v) is 6.62. The van der Waals surface area contributed by atoms with Crippen LogP contribution < -0.4 is 0 Å². The molecule has 0 N–H and O–H groups in total. The van der Waals surface area contributed by atoms with Crippen LogP contribution in [0.25, 0.3) is 17.4 Å². The van der Waals surface area contributed by atoms with E-state index in [9.17, 15) is 0 Å². The number of nitrogens with zero attached hydrogens (tertiary/aromatic N) is 5. The van der Waals surface area contributed by atoms with E-state index in [0.29, 0.717) is 11.5 Å². The van der Waals surface area contributed by atoms with Crippen molar-refractivity contribution in [2.45, 2.75) is 0 Å². The molecule has 3 rings (SSSR count). The highest BCUT2D eigenvalue weighted by atomic mass is 15.1. The highest BCUT2D eigenvalue weighted by Crippen LogP contribution is 2.21. The van der Waals surface area contributed by atoms with E-state index < -0.39 is 0 Å². The molecule has 0 unspecified atom stereocenters. The molecule has 2 aromatic heterocycles. The largest absolute Gasteiger partial charge is 0.301 e. The minimum Gasteiger partial charge on any atom is -0.301 e. The van der Waals surface area contributed by atoms with Gasteiger partial charge in [0.2, 0.25) is 0 Å². The minimum absolute atomic E-state index is 0.660. The summed E-state index contributed by atoms with van der Waals surface area (Å²) in [5, 5.41) is 0. The fourth-order valence-electron chi connectivity index (χ4n) is 1.31. The van der Waals surface area contributed by atoms with Crippen molar-refractivity contribution in [3.8, 4) is 0 Å². The molecule has 0 amide bonds. The van der Waals surface area contributed by atoms with Crippen LogP contribution in [0.1, 0.15) is 0 Å². The summed E-state index contributed by atoms with van der Waals surface area (Å²) in [4.78, 5) is 16.4. The van der Waals surface area contributed by atoms with Crippen LogP contribution >= 0.6 is 0 Å². The lowest BCUT2D eigenvalue weighted by Gasteiger charge is -1.95. The first-order valence-corrected chi connectivity index (χ1v) is 3.83. The Morgan fingerprint density at radius 3 is 3.15 bits per heavy atom.